The number of quaternary nitrogens is 1. The number of fused-ring (bicyclic) bond motifs is 1. The van der Waals surface area contributed by atoms with Crippen LogP contribution in [0.3, 0.4) is 0 Å². The number of aromatic nitrogens is 2. The van der Waals surface area contributed by atoms with Crippen LogP contribution in [0.25, 0.3) is 16.6 Å². The summed E-state index contributed by atoms with van der Waals surface area (Å²) < 4.78 is 1.83. The van der Waals surface area contributed by atoms with E-state index in [1.807, 2.05) is 34.9 Å². The number of rotatable bonds is 8. The molecule has 4 heteroatoms. The summed E-state index contributed by atoms with van der Waals surface area (Å²) in [6.45, 7) is 9.64. The van der Waals surface area contributed by atoms with Crippen molar-refractivity contribution < 1.29 is 5.32 Å². The molecule has 0 radical (unpaired) electrons. The lowest BCUT2D eigenvalue weighted by Gasteiger charge is -2.20. The molecule has 4 nitrogen and oxygen atoms in total. The molecule has 0 aliphatic rings. The molecule has 148 valence electrons. The minimum absolute atomic E-state index is 0.0178. The minimum Gasteiger partial charge on any atom is -0.338 e. The van der Waals surface area contributed by atoms with Crippen LogP contribution >= 0.6 is 0 Å². The Balaban J connectivity index is 2.16. The third kappa shape index (κ3) is 4.17. The molecular formula is C24H32N3O+. The van der Waals surface area contributed by atoms with Gasteiger partial charge in [0.2, 0.25) is 0 Å². The van der Waals surface area contributed by atoms with E-state index in [-0.39, 0.29) is 11.6 Å². The topological polar surface area (TPSA) is 51.5 Å². The first-order valence-electron chi connectivity index (χ1n) is 10.5. The van der Waals surface area contributed by atoms with Crippen LogP contribution < -0.4 is 10.9 Å². The number of aryl methyl sites for hydroxylation is 2. The molecular weight excluding hydrogens is 346 g/mol. The average molecular weight is 379 g/mol. The lowest BCUT2D eigenvalue weighted by molar-refractivity contribution is -0.698. The maximum Gasteiger partial charge on any atom is 0.266 e. The molecule has 0 bridgehead atoms. The monoisotopic (exact) mass is 378 g/mol. The third-order valence-corrected chi connectivity index (χ3v) is 5.58. The number of unbranched alkanes of at least 4 members (excludes halogenated alkanes) is 2. The average Bonchev–Trinajstić information content (AvgIpc) is 2.70. The van der Waals surface area contributed by atoms with Crippen LogP contribution in [-0.4, -0.2) is 16.1 Å². The van der Waals surface area contributed by atoms with Crippen LogP contribution in [0.4, 0.5) is 0 Å². The van der Waals surface area contributed by atoms with Crippen LogP contribution in [0, 0.1) is 13.8 Å². The standard InChI is InChI=1S/C24H31N3O/c1-5-7-10-15-25-21(6-2)23-26-22-12-9-8-11-20(22)24(28)27(23)19-14-13-17(3)18(4)16-19/h8-9,11-14,16,21,25H,5-7,10,15H2,1-4H3/p+1/t21-/m1/s1. The maximum absolute atomic E-state index is 13.5. The number of nitrogens with zero attached hydrogens (tertiary/aromatic N) is 2. The Kier molecular flexibility index (Phi) is 6.63. The van der Waals surface area contributed by atoms with Crippen molar-refractivity contribution in [2.75, 3.05) is 6.54 Å². The molecule has 2 N–H and O–H groups in total. The molecule has 3 aromatic rings. The molecule has 3 rings (SSSR count). The Hall–Kier alpha value is -2.46. The second kappa shape index (κ2) is 9.16. The minimum atomic E-state index is 0.0178. The number of para-hydroxylation sites is 1. The van der Waals surface area contributed by atoms with Gasteiger partial charge in [0.15, 0.2) is 5.82 Å². The Morgan fingerprint density at radius 1 is 1.04 bits per heavy atom. The molecule has 0 aliphatic heterocycles. The molecule has 1 heterocycles. The highest BCUT2D eigenvalue weighted by molar-refractivity contribution is 5.77. The summed E-state index contributed by atoms with van der Waals surface area (Å²) in [7, 11) is 0. The molecule has 1 atom stereocenters. The SMILES string of the molecule is CCCCC[NH2+][C@H](CC)c1nc2ccccc2c(=O)n1-c1ccc(C)c(C)c1. The van der Waals surface area contributed by atoms with E-state index < -0.39 is 0 Å². The van der Waals surface area contributed by atoms with Crippen molar-refractivity contribution >= 4 is 10.9 Å². The van der Waals surface area contributed by atoms with E-state index in [0.717, 1.165) is 30.0 Å². The fourth-order valence-electron chi connectivity index (χ4n) is 3.68. The summed E-state index contributed by atoms with van der Waals surface area (Å²) in [6.07, 6.45) is 4.57. The van der Waals surface area contributed by atoms with Crippen LogP contribution in [-0.2, 0) is 0 Å². The number of hydrogen-bond acceptors (Lipinski definition) is 2. The summed E-state index contributed by atoms with van der Waals surface area (Å²) in [5, 5.41) is 3.02. The van der Waals surface area contributed by atoms with E-state index in [1.165, 1.54) is 30.4 Å². The fourth-order valence-corrected chi connectivity index (χ4v) is 3.68. The molecule has 0 fully saturated rings. The van der Waals surface area contributed by atoms with E-state index in [2.05, 4.69) is 45.1 Å². The van der Waals surface area contributed by atoms with Crippen LogP contribution in [0.2, 0.25) is 0 Å². The second-order valence-electron chi connectivity index (χ2n) is 7.64. The Labute approximate surface area is 167 Å². The first-order valence-corrected chi connectivity index (χ1v) is 10.5. The Morgan fingerprint density at radius 3 is 2.54 bits per heavy atom. The zero-order valence-electron chi connectivity index (χ0n) is 17.5. The highest BCUT2D eigenvalue weighted by atomic mass is 16.1. The molecule has 0 saturated heterocycles. The summed E-state index contributed by atoms with van der Waals surface area (Å²) in [4.78, 5) is 18.4. The summed E-state index contributed by atoms with van der Waals surface area (Å²) in [6, 6.07) is 14.0. The fraction of sp³-hybridized carbons (Fsp3) is 0.417. The largest absolute Gasteiger partial charge is 0.338 e. The maximum atomic E-state index is 13.5. The van der Waals surface area contributed by atoms with Gasteiger partial charge in [-0.05, 0) is 62.1 Å². The van der Waals surface area contributed by atoms with Crippen molar-refractivity contribution in [3.63, 3.8) is 0 Å². The van der Waals surface area contributed by atoms with Crippen molar-refractivity contribution in [2.45, 2.75) is 59.4 Å². The Bertz CT molecular complexity index is 1010. The van der Waals surface area contributed by atoms with E-state index >= 15 is 0 Å². The highest BCUT2D eigenvalue weighted by Crippen LogP contribution is 2.20. The van der Waals surface area contributed by atoms with E-state index in [1.54, 1.807) is 0 Å². The zero-order chi connectivity index (χ0) is 20.1. The number of benzene rings is 2. The summed E-state index contributed by atoms with van der Waals surface area (Å²) in [5.41, 5.74) is 4.11. The van der Waals surface area contributed by atoms with Gasteiger partial charge in [-0.2, -0.15) is 0 Å². The van der Waals surface area contributed by atoms with Gasteiger partial charge in [-0.25, -0.2) is 4.98 Å². The van der Waals surface area contributed by atoms with E-state index in [4.69, 9.17) is 4.98 Å². The van der Waals surface area contributed by atoms with Gasteiger partial charge in [-0.1, -0.05) is 38.5 Å². The zero-order valence-corrected chi connectivity index (χ0v) is 17.5. The summed E-state index contributed by atoms with van der Waals surface area (Å²) >= 11 is 0. The predicted octanol–water partition coefficient (Wildman–Crippen LogP) is 4.21. The molecule has 28 heavy (non-hydrogen) atoms. The third-order valence-electron chi connectivity index (χ3n) is 5.58. The smallest absolute Gasteiger partial charge is 0.266 e. The van der Waals surface area contributed by atoms with Crippen molar-refractivity contribution in [3.05, 3.63) is 69.8 Å². The molecule has 0 unspecified atom stereocenters. The van der Waals surface area contributed by atoms with Gasteiger partial charge >= 0.3 is 0 Å². The van der Waals surface area contributed by atoms with Crippen LogP contribution in [0.5, 0.6) is 0 Å². The van der Waals surface area contributed by atoms with Crippen molar-refractivity contribution in [1.82, 2.24) is 9.55 Å². The number of nitrogens with two attached hydrogens (primary N) is 1. The summed E-state index contributed by atoms with van der Waals surface area (Å²) in [5.74, 6) is 0.853. The van der Waals surface area contributed by atoms with E-state index in [9.17, 15) is 4.79 Å². The van der Waals surface area contributed by atoms with Gasteiger partial charge in [0.1, 0.15) is 6.04 Å². The van der Waals surface area contributed by atoms with Crippen molar-refractivity contribution in [3.8, 4) is 5.69 Å². The van der Waals surface area contributed by atoms with Gasteiger partial charge in [-0.15, -0.1) is 0 Å². The van der Waals surface area contributed by atoms with Crippen LogP contribution in [0.1, 0.15) is 62.5 Å². The second-order valence-corrected chi connectivity index (χ2v) is 7.64. The molecule has 0 saturated carbocycles. The van der Waals surface area contributed by atoms with Crippen LogP contribution in [0.15, 0.2) is 47.3 Å². The molecule has 0 amide bonds. The van der Waals surface area contributed by atoms with Gasteiger partial charge in [0.25, 0.3) is 5.56 Å². The van der Waals surface area contributed by atoms with Crippen molar-refractivity contribution in [2.24, 2.45) is 0 Å². The first kappa shape index (κ1) is 20.3. The van der Waals surface area contributed by atoms with Gasteiger partial charge in [0.05, 0.1) is 23.1 Å². The normalized spacial score (nSPS) is 12.4. The molecule has 1 aromatic heterocycles. The Morgan fingerprint density at radius 2 is 1.82 bits per heavy atom. The van der Waals surface area contributed by atoms with Gasteiger partial charge < -0.3 is 5.32 Å². The van der Waals surface area contributed by atoms with Crippen molar-refractivity contribution in [1.29, 1.82) is 0 Å². The number of hydrogen-bond donors (Lipinski definition) is 1. The quantitative estimate of drug-likeness (QED) is 0.597. The van der Waals surface area contributed by atoms with Gasteiger partial charge in [0, 0.05) is 6.42 Å². The lowest BCUT2D eigenvalue weighted by Crippen LogP contribution is -2.85. The highest BCUT2D eigenvalue weighted by Gasteiger charge is 2.22. The molecule has 0 aliphatic carbocycles. The lowest BCUT2D eigenvalue weighted by atomic mass is 10.1. The molecule has 2 aromatic carbocycles. The van der Waals surface area contributed by atoms with E-state index in [0.29, 0.717) is 5.39 Å². The van der Waals surface area contributed by atoms with Gasteiger partial charge in [-0.3, -0.25) is 9.36 Å². The first-order chi connectivity index (χ1) is 13.6. The molecule has 0 spiro atoms. The predicted molar refractivity (Wildman–Crippen MR) is 116 cm³/mol.